The molecule has 35 heavy (non-hydrogen) atoms. The molecule has 1 saturated heterocycles. The summed E-state index contributed by atoms with van der Waals surface area (Å²) in [5.74, 6) is -4.57. The number of piperidine rings is 1. The fourth-order valence-electron chi connectivity index (χ4n) is 3.47. The van der Waals surface area contributed by atoms with Gasteiger partial charge in [0, 0.05) is 33.1 Å². The lowest BCUT2D eigenvalue weighted by Crippen LogP contribution is -2.54. The molecule has 14 heteroatoms. The Bertz CT molecular complexity index is 869. The SMILES string of the molecule is CC(=O)N1CCC(CP(=O)(O)[C@H](C)NC(=O)OC(C)OC(=O)C(C)C)(C(=O)N[C@@H](C)C(=O)O)CC1. The Hall–Kier alpha value is -2.66. The van der Waals surface area contributed by atoms with Gasteiger partial charge in [-0.3, -0.25) is 23.7 Å². The van der Waals surface area contributed by atoms with Crippen LogP contribution in [0.5, 0.6) is 0 Å². The molecule has 0 aromatic carbocycles. The number of aliphatic carboxylic acids is 1. The van der Waals surface area contributed by atoms with E-state index in [1.54, 1.807) is 13.8 Å². The van der Waals surface area contributed by atoms with Crippen LogP contribution in [0, 0.1) is 11.3 Å². The van der Waals surface area contributed by atoms with Crippen LogP contribution in [-0.4, -0.2) is 82.1 Å². The number of likely N-dealkylation sites (tertiary alicyclic amines) is 1. The number of carboxylic acids is 1. The predicted molar refractivity (Wildman–Crippen MR) is 123 cm³/mol. The Labute approximate surface area is 204 Å². The summed E-state index contributed by atoms with van der Waals surface area (Å²) in [6.45, 7) is 8.71. The Morgan fingerprint density at radius 2 is 1.54 bits per heavy atom. The molecular weight excluding hydrogens is 485 g/mol. The van der Waals surface area contributed by atoms with Gasteiger partial charge in [-0.1, -0.05) is 13.8 Å². The highest BCUT2D eigenvalue weighted by molar-refractivity contribution is 7.58. The number of carbonyl (C=O) groups is 5. The molecule has 0 aromatic heterocycles. The van der Waals surface area contributed by atoms with Crippen LogP contribution in [0.3, 0.4) is 0 Å². The molecule has 0 bridgehead atoms. The van der Waals surface area contributed by atoms with Crippen LogP contribution >= 0.6 is 7.37 Å². The maximum absolute atomic E-state index is 13.2. The zero-order chi connectivity index (χ0) is 27.1. The molecule has 1 aliphatic heterocycles. The molecule has 2 unspecified atom stereocenters. The van der Waals surface area contributed by atoms with Gasteiger partial charge in [0.2, 0.25) is 25.5 Å². The van der Waals surface area contributed by atoms with Crippen molar-refractivity contribution >= 4 is 37.2 Å². The van der Waals surface area contributed by atoms with E-state index < -0.39 is 66.9 Å². The second-order valence-corrected chi connectivity index (χ2v) is 11.7. The molecule has 1 rings (SSSR count). The molecule has 0 saturated carbocycles. The second kappa shape index (κ2) is 12.3. The molecule has 0 spiro atoms. The number of ether oxygens (including phenoxy) is 2. The average molecular weight is 522 g/mol. The molecule has 1 aliphatic rings. The fraction of sp³-hybridized carbons (Fsp3) is 0.762. The first-order valence-electron chi connectivity index (χ1n) is 11.3. The molecule has 3 amide bonds. The van der Waals surface area contributed by atoms with Gasteiger partial charge < -0.3 is 35.0 Å². The number of carboxylic acid groups (broad SMARTS) is 1. The summed E-state index contributed by atoms with van der Waals surface area (Å²) >= 11 is 0. The average Bonchev–Trinajstić information content (AvgIpc) is 2.72. The number of nitrogens with zero attached hydrogens (tertiary/aromatic N) is 1. The van der Waals surface area contributed by atoms with Gasteiger partial charge in [-0.15, -0.1) is 0 Å². The van der Waals surface area contributed by atoms with Crippen LogP contribution in [0.15, 0.2) is 0 Å². The highest BCUT2D eigenvalue weighted by Crippen LogP contribution is 2.52. The maximum atomic E-state index is 13.2. The van der Waals surface area contributed by atoms with Crippen LogP contribution in [0.1, 0.15) is 54.4 Å². The third-order valence-corrected chi connectivity index (χ3v) is 8.25. The van der Waals surface area contributed by atoms with Crippen molar-refractivity contribution in [3.8, 4) is 0 Å². The maximum Gasteiger partial charge on any atom is 0.410 e. The second-order valence-electron chi connectivity index (χ2n) is 9.12. The molecule has 13 nitrogen and oxygen atoms in total. The van der Waals surface area contributed by atoms with Crippen molar-refractivity contribution in [2.24, 2.45) is 11.3 Å². The number of carbonyl (C=O) groups excluding carboxylic acids is 4. The van der Waals surface area contributed by atoms with Crippen molar-refractivity contribution in [1.82, 2.24) is 15.5 Å². The van der Waals surface area contributed by atoms with E-state index in [2.05, 4.69) is 10.6 Å². The van der Waals surface area contributed by atoms with E-state index in [0.29, 0.717) is 0 Å². The molecule has 1 fully saturated rings. The zero-order valence-electron chi connectivity index (χ0n) is 20.9. The fourth-order valence-corrected chi connectivity index (χ4v) is 5.38. The lowest BCUT2D eigenvalue weighted by atomic mass is 9.79. The van der Waals surface area contributed by atoms with Crippen molar-refractivity contribution in [2.75, 3.05) is 19.3 Å². The van der Waals surface area contributed by atoms with Crippen LogP contribution < -0.4 is 10.6 Å². The number of alkyl carbamates (subject to hydrolysis) is 1. The molecular formula is C21H36N3O10P. The third-order valence-electron chi connectivity index (χ3n) is 5.85. The van der Waals surface area contributed by atoms with E-state index in [4.69, 9.17) is 14.6 Å². The van der Waals surface area contributed by atoms with E-state index in [1.807, 2.05) is 0 Å². The van der Waals surface area contributed by atoms with Gasteiger partial charge in [0.25, 0.3) is 0 Å². The van der Waals surface area contributed by atoms with Crippen LogP contribution in [0.25, 0.3) is 0 Å². The smallest absolute Gasteiger partial charge is 0.410 e. The first-order valence-corrected chi connectivity index (χ1v) is 13.2. The number of hydrogen-bond donors (Lipinski definition) is 4. The zero-order valence-corrected chi connectivity index (χ0v) is 21.8. The number of hydrogen-bond acceptors (Lipinski definition) is 8. The van der Waals surface area contributed by atoms with Crippen molar-refractivity contribution < 1.29 is 48.0 Å². The highest BCUT2D eigenvalue weighted by atomic mass is 31.2. The van der Waals surface area contributed by atoms with E-state index in [-0.39, 0.29) is 31.8 Å². The van der Waals surface area contributed by atoms with Gasteiger partial charge in [-0.2, -0.15) is 0 Å². The summed E-state index contributed by atoms with van der Waals surface area (Å²) in [4.78, 5) is 72.0. The van der Waals surface area contributed by atoms with Gasteiger partial charge in [-0.05, 0) is 26.7 Å². The molecule has 0 aromatic rings. The topological polar surface area (TPSA) is 189 Å². The number of nitrogens with one attached hydrogen (secondary N) is 2. The Morgan fingerprint density at radius 3 is 2.00 bits per heavy atom. The Kier molecular flexibility index (Phi) is 10.7. The third kappa shape index (κ3) is 8.81. The minimum Gasteiger partial charge on any atom is -0.480 e. The highest BCUT2D eigenvalue weighted by Gasteiger charge is 2.48. The largest absolute Gasteiger partial charge is 0.480 e. The number of amides is 3. The monoisotopic (exact) mass is 521 g/mol. The Balaban J connectivity index is 2.96. The lowest BCUT2D eigenvalue weighted by Gasteiger charge is -2.42. The van der Waals surface area contributed by atoms with Crippen molar-refractivity contribution in [1.29, 1.82) is 0 Å². The van der Waals surface area contributed by atoms with Crippen molar-refractivity contribution in [3.05, 3.63) is 0 Å². The molecule has 200 valence electrons. The molecule has 0 aliphatic carbocycles. The molecule has 1 heterocycles. The van der Waals surface area contributed by atoms with Gasteiger partial charge in [0.05, 0.1) is 11.3 Å². The summed E-state index contributed by atoms with van der Waals surface area (Å²) in [7, 11) is -4.25. The summed E-state index contributed by atoms with van der Waals surface area (Å²) in [6, 6.07) is -1.23. The van der Waals surface area contributed by atoms with E-state index in [9.17, 15) is 33.4 Å². The Morgan fingerprint density at radius 1 is 1.00 bits per heavy atom. The summed E-state index contributed by atoms with van der Waals surface area (Å²) < 4.78 is 23.1. The normalized spacial score (nSPS) is 19.5. The predicted octanol–water partition coefficient (Wildman–Crippen LogP) is 1.09. The quantitative estimate of drug-likeness (QED) is 0.184. The first kappa shape index (κ1) is 30.4. The van der Waals surface area contributed by atoms with Crippen LogP contribution in [0.2, 0.25) is 0 Å². The van der Waals surface area contributed by atoms with Gasteiger partial charge in [-0.25, -0.2) is 4.79 Å². The van der Waals surface area contributed by atoms with E-state index in [0.717, 1.165) is 0 Å². The molecule has 4 N–H and O–H groups in total. The molecule has 0 radical (unpaired) electrons. The first-order chi connectivity index (χ1) is 16.0. The molecule has 4 atom stereocenters. The van der Waals surface area contributed by atoms with Crippen molar-refractivity contribution in [3.63, 3.8) is 0 Å². The van der Waals surface area contributed by atoms with Crippen molar-refractivity contribution in [2.45, 2.75) is 72.5 Å². The summed E-state index contributed by atoms with van der Waals surface area (Å²) in [6.07, 6.45) is -2.81. The number of rotatable bonds is 10. The summed E-state index contributed by atoms with van der Waals surface area (Å²) in [5, 5.41) is 13.7. The van der Waals surface area contributed by atoms with Gasteiger partial charge in [0.1, 0.15) is 11.8 Å². The van der Waals surface area contributed by atoms with Gasteiger partial charge in [0.15, 0.2) is 0 Å². The van der Waals surface area contributed by atoms with Crippen LogP contribution in [-0.2, 0) is 33.2 Å². The minimum absolute atomic E-state index is 0.0364. The van der Waals surface area contributed by atoms with E-state index in [1.165, 1.54) is 32.6 Å². The number of esters is 1. The minimum atomic E-state index is -4.25. The van der Waals surface area contributed by atoms with E-state index >= 15 is 0 Å². The summed E-state index contributed by atoms with van der Waals surface area (Å²) in [5.41, 5.74) is -1.43. The van der Waals surface area contributed by atoms with Gasteiger partial charge >= 0.3 is 18.0 Å². The lowest BCUT2D eigenvalue weighted by molar-refractivity contribution is -0.168. The standard InChI is InChI=1S/C21H36N3O10P/c1-12(2)18(28)33-16(6)34-20(30)23-14(4)35(31,32)11-21(19(29)22-13(3)17(26)27)7-9-24(10-8-21)15(5)25/h12-14,16H,7-11H2,1-6H3,(H,22,29)(H,23,30)(H,26,27)(H,31,32)/t13-,14+,16?/m0/s1. The van der Waals surface area contributed by atoms with Crippen LogP contribution in [0.4, 0.5) is 4.79 Å².